The van der Waals surface area contributed by atoms with Gasteiger partial charge in [0, 0.05) is 11.6 Å². The summed E-state index contributed by atoms with van der Waals surface area (Å²) in [5.41, 5.74) is 4.54. The predicted molar refractivity (Wildman–Crippen MR) is 104 cm³/mol. The Balaban J connectivity index is 1.99. The molecule has 0 N–H and O–H groups in total. The van der Waals surface area contributed by atoms with Crippen LogP contribution in [0.5, 0.6) is 0 Å². The van der Waals surface area contributed by atoms with Gasteiger partial charge in [-0.15, -0.1) is 0 Å². The van der Waals surface area contributed by atoms with Gasteiger partial charge in [-0.05, 0) is 18.6 Å². The van der Waals surface area contributed by atoms with Crippen molar-refractivity contribution in [2.24, 2.45) is 0 Å². The number of benzene rings is 3. The first-order valence-electron chi connectivity index (χ1n) is 8.51. The lowest BCUT2D eigenvalue weighted by atomic mass is 9.95. The van der Waals surface area contributed by atoms with Gasteiger partial charge in [-0.2, -0.15) is 0 Å². The Labute approximate surface area is 156 Å². The summed E-state index contributed by atoms with van der Waals surface area (Å²) in [5, 5.41) is 15.7. The number of nitro benzene ring substituents is 1. The zero-order valence-electron chi connectivity index (χ0n) is 14.6. The van der Waals surface area contributed by atoms with Gasteiger partial charge in [-0.3, -0.25) is 10.1 Å². The maximum absolute atomic E-state index is 11.5. The van der Waals surface area contributed by atoms with Crippen LogP contribution in [0.2, 0.25) is 0 Å². The standard InChI is InChI=1S/C22H16N2O3/c1-15-11-13-17(14-12-15)22-20(16-7-3-2-4-8-16)21(23-27-22)18-9-5-6-10-19(18)24(25)26/h2-14H,1H3. The molecule has 0 aliphatic heterocycles. The summed E-state index contributed by atoms with van der Waals surface area (Å²) >= 11 is 0. The quantitative estimate of drug-likeness (QED) is 0.337. The molecule has 5 heteroatoms. The molecule has 0 saturated carbocycles. The van der Waals surface area contributed by atoms with Gasteiger partial charge in [-0.25, -0.2) is 0 Å². The molecule has 0 aliphatic rings. The third-order valence-corrected chi connectivity index (χ3v) is 4.42. The molecule has 0 fully saturated rings. The fraction of sp³-hybridized carbons (Fsp3) is 0.0455. The monoisotopic (exact) mass is 356 g/mol. The minimum Gasteiger partial charge on any atom is -0.355 e. The van der Waals surface area contributed by atoms with E-state index in [1.807, 2.05) is 61.5 Å². The van der Waals surface area contributed by atoms with E-state index in [0.29, 0.717) is 17.0 Å². The molecule has 0 aliphatic carbocycles. The molecule has 4 rings (SSSR count). The summed E-state index contributed by atoms with van der Waals surface area (Å²) in [7, 11) is 0. The van der Waals surface area contributed by atoms with Crippen molar-refractivity contribution in [2.75, 3.05) is 0 Å². The van der Waals surface area contributed by atoms with E-state index >= 15 is 0 Å². The molecule has 0 bridgehead atoms. The highest BCUT2D eigenvalue weighted by Gasteiger charge is 2.25. The fourth-order valence-corrected chi connectivity index (χ4v) is 3.08. The lowest BCUT2D eigenvalue weighted by Gasteiger charge is -2.06. The van der Waals surface area contributed by atoms with E-state index in [0.717, 1.165) is 22.3 Å². The summed E-state index contributed by atoms with van der Waals surface area (Å²) in [6, 6.07) is 24.2. The van der Waals surface area contributed by atoms with Crippen molar-refractivity contribution in [3.05, 3.63) is 94.5 Å². The summed E-state index contributed by atoms with van der Waals surface area (Å²) in [6.07, 6.45) is 0. The van der Waals surface area contributed by atoms with E-state index in [9.17, 15) is 10.1 Å². The Bertz CT molecular complexity index is 1100. The summed E-state index contributed by atoms with van der Waals surface area (Å²) in [5.74, 6) is 0.592. The molecule has 5 nitrogen and oxygen atoms in total. The van der Waals surface area contributed by atoms with Crippen molar-refractivity contribution in [1.29, 1.82) is 0 Å². The number of aromatic nitrogens is 1. The predicted octanol–water partition coefficient (Wildman–Crippen LogP) is 5.89. The number of nitro groups is 1. The molecule has 0 amide bonds. The lowest BCUT2D eigenvalue weighted by molar-refractivity contribution is -0.384. The summed E-state index contributed by atoms with van der Waals surface area (Å²) < 4.78 is 5.69. The van der Waals surface area contributed by atoms with Crippen LogP contribution in [0.3, 0.4) is 0 Å². The van der Waals surface area contributed by atoms with Crippen LogP contribution in [0.1, 0.15) is 5.56 Å². The van der Waals surface area contributed by atoms with Crippen LogP contribution in [-0.4, -0.2) is 10.1 Å². The number of nitrogens with zero attached hydrogens (tertiary/aromatic N) is 2. The Morgan fingerprint density at radius 1 is 0.852 bits per heavy atom. The SMILES string of the molecule is Cc1ccc(-c2onc(-c3ccccc3[N+](=O)[O-])c2-c2ccccc2)cc1. The number of para-hydroxylation sites is 1. The van der Waals surface area contributed by atoms with Gasteiger partial charge >= 0.3 is 0 Å². The summed E-state index contributed by atoms with van der Waals surface area (Å²) in [6.45, 7) is 2.01. The van der Waals surface area contributed by atoms with Crippen LogP contribution in [0.15, 0.2) is 83.4 Å². The molecule has 1 aromatic heterocycles. The first-order valence-corrected chi connectivity index (χ1v) is 8.51. The molecule has 0 saturated heterocycles. The van der Waals surface area contributed by atoms with Gasteiger partial charge in [0.1, 0.15) is 5.69 Å². The second-order valence-electron chi connectivity index (χ2n) is 6.24. The third kappa shape index (κ3) is 3.11. The Morgan fingerprint density at radius 3 is 2.22 bits per heavy atom. The van der Waals surface area contributed by atoms with Crippen molar-refractivity contribution in [3.8, 4) is 33.7 Å². The molecule has 0 unspecified atom stereocenters. The molecular weight excluding hydrogens is 340 g/mol. The topological polar surface area (TPSA) is 69.2 Å². The second kappa shape index (κ2) is 6.88. The summed E-state index contributed by atoms with van der Waals surface area (Å²) in [4.78, 5) is 11.1. The Hall–Kier alpha value is -3.73. The van der Waals surface area contributed by atoms with Crippen molar-refractivity contribution in [1.82, 2.24) is 5.16 Å². The molecule has 0 radical (unpaired) electrons. The van der Waals surface area contributed by atoms with Gasteiger partial charge in [-0.1, -0.05) is 77.5 Å². The van der Waals surface area contributed by atoms with E-state index in [4.69, 9.17) is 4.52 Å². The van der Waals surface area contributed by atoms with E-state index in [1.54, 1.807) is 18.2 Å². The largest absolute Gasteiger partial charge is 0.355 e. The minimum absolute atomic E-state index is 0.00145. The van der Waals surface area contributed by atoms with E-state index in [2.05, 4.69) is 5.16 Å². The smallest absolute Gasteiger partial charge is 0.278 e. The molecule has 132 valence electrons. The van der Waals surface area contributed by atoms with Gasteiger partial charge in [0.05, 0.1) is 16.1 Å². The van der Waals surface area contributed by atoms with Gasteiger partial charge in [0.25, 0.3) is 5.69 Å². The molecule has 1 heterocycles. The van der Waals surface area contributed by atoms with Crippen LogP contribution < -0.4 is 0 Å². The van der Waals surface area contributed by atoms with Crippen LogP contribution in [-0.2, 0) is 0 Å². The number of aryl methyl sites for hydroxylation is 1. The maximum Gasteiger partial charge on any atom is 0.278 e. The van der Waals surface area contributed by atoms with Crippen LogP contribution in [0.25, 0.3) is 33.7 Å². The van der Waals surface area contributed by atoms with Crippen molar-refractivity contribution < 1.29 is 9.45 Å². The molecule has 3 aromatic carbocycles. The molecule has 27 heavy (non-hydrogen) atoms. The van der Waals surface area contributed by atoms with Gasteiger partial charge < -0.3 is 4.52 Å². The van der Waals surface area contributed by atoms with E-state index < -0.39 is 4.92 Å². The highest BCUT2D eigenvalue weighted by atomic mass is 16.6. The van der Waals surface area contributed by atoms with Gasteiger partial charge in [0.2, 0.25) is 0 Å². The average Bonchev–Trinajstić information content (AvgIpc) is 3.14. The normalized spacial score (nSPS) is 10.7. The molecular formula is C22H16N2O3. The zero-order valence-corrected chi connectivity index (χ0v) is 14.6. The lowest BCUT2D eigenvalue weighted by Crippen LogP contribution is -1.93. The number of rotatable bonds is 4. The molecule has 4 aromatic rings. The Kier molecular flexibility index (Phi) is 4.26. The third-order valence-electron chi connectivity index (χ3n) is 4.42. The molecule has 0 spiro atoms. The van der Waals surface area contributed by atoms with Crippen molar-refractivity contribution in [3.63, 3.8) is 0 Å². The average molecular weight is 356 g/mol. The van der Waals surface area contributed by atoms with E-state index in [1.165, 1.54) is 6.07 Å². The highest BCUT2D eigenvalue weighted by Crippen LogP contribution is 2.42. The van der Waals surface area contributed by atoms with Crippen molar-refractivity contribution >= 4 is 5.69 Å². The fourth-order valence-electron chi connectivity index (χ4n) is 3.08. The van der Waals surface area contributed by atoms with E-state index in [-0.39, 0.29) is 5.69 Å². The zero-order chi connectivity index (χ0) is 18.8. The second-order valence-corrected chi connectivity index (χ2v) is 6.24. The van der Waals surface area contributed by atoms with Crippen LogP contribution in [0.4, 0.5) is 5.69 Å². The first-order chi connectivity index (χ1) is 13.1. The van der Waals surface area contributed by atoms with Gasteiger partial charge in [0.15, 0.2) is 5.76 Å². The maximum atomic E-state index is 11.5. The first kappa shape index (κ1) is 16.7. The van der Waals surface area contributed by atoms with Crippen LogP contribution in [0, 0.1) is 17.0 Å². The Morgan fingerprint density at radius 2 is 1.52 bits per heavy atom. The van der Waals surface area contributed by atoms with Crippen molar-refractivity contribution in [2.45, 2.75) is 6.92 Å². The van der Waals surface area contributed by atoms with Crippen LogP contribution >= 0.6 is 0 Å². The molecule has 0 atom stereocenters. The highest BCUT2D eigenvalue weighted by molar-refractivity contribution is 5.92. The number of hydrogen-bond donors (Lipinski definition) is 0. The minimum atomic E-state index is -0.398. The number of hydrogen-bond acceptors (Lipinski definition) is 4.